The van der Waals surface area contributed by atoms with Gasteiger partial charge in [-0.15, -0.1) is 0 Å². The Morgan fingerprint density at radius 2 is 1.30 bits per heavy atom. The lowest BCUT2D eigenvalue weighted by atomic mass is 9.54. The number of benzene rings is 3. The van der Waals surface area contributed by atoms with Crippen molar-refractivity contribution in [3.05, 3.63) is 84.4 Å². The zero-order valence-corrected chi connectivity index (χ0v) is 26.3. The number of hydrogen-bond acceptors (Lipinski definition) is 6. The van der Waals surface area contributed by atoms with E-state index in [1.165, 1.54) is 6.42 Å². The van der Waals surface area contributed by atoms with Gasteiger partial charge in [0.15, 0.2) is 0 Å². The van der Waals surface area contributed by atoms with Crippen molar-refractivity contribution in [2.24, 2.45) is 23.7 Å². The highest BCUT2D eigenvalue weighted by Crippen LogP contribution is 2.55. The Labute approximate surface area is 270 Å². The topological polar surface area (TPSA) is 79.8 Å². The molecule has 0 aromatic heterocycles. The van der Waals surface area contributed by atoms with Crippen LogP contribution in [0.4, 0.5) is 32.3 Å². The van der Waals surface area contributed by atoms with E-state index < -0.39 is 0 Å². The molecule has 3 aromatic carbocycles. The summed E-state index contributed by atoms with van der Waals surface area (Å²) >= 11 is 0. The predicted octanol–water partition coefficient (Wildman–Crippen LogP) is 6.74. The average molecular weight is 622 g/mol. The third kappa shape index (κ3) is 5.44. The van der Waals surface area contributed by atoms with Gasteiger partial charge in [0.1, 0.15) is 6.61 Å². The number of carbonyl (C=O) groups excluding carboxylic acids is 2. The molecule has 5 fully saturated rings. The quantitative estimate of drug-likeness (QED) is 0.251. The van der Waals surface area contributed by atoms with Crippen LogP contribution < -0.4 is 14.7 Å². The molecule has 46 heavy (non-hydrogen) atoms. The number of piperazine rings is 1. The Hall–Kier alpha value is -4.24. The lowest BCUT2D eigenvalue weighted by molar-refractivity contribution is -0.160. The maximum Gasteiger partial charge on any atom is 0.410 e. The van der Waals surface area contributed by atoms with E-state index in [0.29, 0.717) is 38.0 Å². The molecule has 0 unspecified atom stereocenters. The zero-order chi connectivity index (χ0) is 31.2. The van der Waals surface area contributed by atoms with Crippen molar-refractivity contribution in [3.8, 4) is 0 Å². The molecule has 9 rings (SSSR count). The fraction of sp³-hybridized carbons (Fsp3) is 0.459. The molecule has 0 spiro atoms. The molecule has 3 amide bonds. The number of rotatable bonds is 5. The van der Waals surface area contributed by atoms with Crippen LogP contribution in [0.2, 0.25) is 0 Å². The van der Waals surface area contributed by atoms with Crippen molar-refractivity contribution in [1.29, 1.82) is 0 Å². The van der Waals surface area contributed by atoms with Gasteiger partial charge in [0.25, 0.3) is 0 Å². The van der Waals surface area contributed by atoms with Crippen LogP contribution in [-0.2, 0) is 11.3 Å². The van der Waals surface area contributed by atoms with Crippen molar-refractivity contribution in [3.63, 3.8) is 0 Å². The number of fused-ring (bicyclic) bond motifs is 1. The molecular formula is C37H43N5O4. The molecule has 0 radical (unpaired) electrons. The van der Waals surface area contributed by atoms with Crippen molar-refractivity contribution >= 4 is 34.9 Å². The Morgan fingerprint density at radius 1 is 0.696 bits per heavy atom. The molecule has 240 valence electrons. The fourth-order valence-electron chi connectivity index (χ4n) is 9.18. The molecule has 2 heterocycles. The zero-order valence-electron chi connectivity index (χ0n) is 26.3. The number of ether oxygens (including phenoxy) is 1. The Balaban J connectivity index is 0.904. The molecule has 9 nitrogen and oxygen atoms in total. The van der Waals surface area contributed by atoms with Gasteiger partial charge in [-0.05, 0) is 97.7 Å². The maximum atomic E-state index is 13.9. The largest absolute Gasteiger partial charge is 0.445 e. The van der Waals surface area contributed by atoms with Crippen LogP contribution in [-0.4, -0.2) is 72.6 Å². The molecule has 2 aliphatic heterocycles. The maximum absolute atomic E-state index is 13.9. The van der Waals surface area contributed by atoms with Crippen LogP contribution in [0.5, 0.6) is 0 Å². The molecular weight excluding hydrogens is 578 g/mol. The van der Waals surface area contributed by atoms with E-state index in [4.69, 9.17) is 4.74 Å². The van der Waals surface area contributed by atoms with Gasteiger partial charge in [-0.25, -0.2) is 14.7 Å². The third-order valence-electron chi connectivity index (χ3n) is 11.2. The minimum atomic E-state index is -0.289. The lowest BCUT2D eigenvalue weighted by Gasteiger charge is -2.56. The molecule has 4 saturated carbocycles. The first-order valence-electron chi connectivity index (χ1n) is 17.0. The van der Waals surface area contributed by atoms with E-state index in [0.717, 1.165) is 84.0 Å². The minimum Gasteiger partial charge on any atom is -0.445 e. The van der Waals surface area contributed by atoms with Crippen LogP contribution in [0, 0.1) is 23.7 Å². The summed E-state index contributed by atoms with van der Waals surface area (Å²) in [5, 5.41) is 12.5. The number of amides is 3. The van der Waals surface area contributed by atoms with Crippen molar-refractivity contribution in [2.75, 3.05) is 54.0 Å². The molecule has 1 saturated heterocycles. The van der Waals surface area contributed by atoms with Gasteiger partial charge < -0.3 is 19.4 Å². The Morgan fingerprint density at radius 3 is 1.98 bits per heavy atom. The highest BCUT2D eigenvalue weighted by Gasteiger charge is 2.52. The second-order valence-electron chi connectivity index (χ2n) is 13.9. The van der Waals surface area contributed by atoms with Gasteiger partial charge in [0.05, 0.1) is 17.4 Å². The summed E-state index contributed by atoms with van der Waals surface area (Å²) in [6.45, 7) is 4.14. The van der Waals surface area contributed by atoms with E-state index in [1.807, 2.05) is 48.5 Å². The predicted molar refractivity (Wildman–Crippen MR) is 178 cm³/mol. The summed E-state index contributed by atoms with van der Waals surface area (Å²) in [5.74, 6) is 2.43. The number of para-hydroxylation sites is 2. The normalized spacial score (nSPS) is 26.6. The van der Waals surface area contributed by atoms with Crippen LogP contribution in [0.1, 0.15) is 37.7 Å². The first-order valence-corrected chi connectivity index (χ1v) is 17.0. The molecule has 4 aliphatic carbocycles. The molecule has 4 bridgehead atoms. The first-order chi connectivity index (χ1) is 22.5. The standard InChI is InChI=1S/C37H43N5O4/c43-36(42(45)35-29-21-27-20-28(23-29)24-30(35)22-27)41-19-18-40(33-8-4-5-9-34(33)41)32-12-10-31(11-13-32)38-14-16-39(17-15-38)37(44)46-25-26-6-2-1-3-7-26/h1-13,27-30,35,45H,14-25H2. The number of nitrogens with zero attached hydrogens (tertiary/aromatic N) is 5. The number of carbonyl (C=O) groups is 2. The van der Waals surface area contributed by atoms with E-state index in [-0.39, 0.29) is 24.8 Å². The average Bonchev–Trinajstić information content (AvgIpc) is 3.10. The number of urea groups is 1. The van der Waals surface area contributed by atoms with Crippen LogP contribution in [0.15, 0.2) is 78.9 Å². The summed E-state index contributed by atoms with van der Waals surface area (Å²) in [4.78, 5) is 34.6. The molecule has 6 aliphatic rings. The van der Waals surface area contributed by atoms with E-state index >= 15 is 0 Å². The summed E-state index contributed by atoms with van der Waals surface area (Å²) in [6.07, 6.45) is 5.69. The second-order valence-corrected chi connectivity index (χ2v) is 13.9. The van der Waals surface area contributed by atoms with Gasteiger partial charge in [0.2, 0.25) is 0 Å². The van der Waals surface area contributed by atoms with E-state index in [2.05, 4.69) is 40.1 Å². The lowest BCUT2D eigenvalue weighted by Crippen LogP contribution is -2.59. The third-order valence-corrected chi connectivity index (χ3v) is 11.2. The van der Waals surface area contributed by atoms with Gasteiger partial charge in [-0.1, -0.05) is 42.5 Å². The molecule has 3 aromatic rings. The van der Waals surface area contributed by atoms with Crippen LogP contribution >= 0.6 is 0 Å². The second kappa shape index (κ2) is 12.2. The van der Waals surface area contributed by atoms with Crippen molar-refractivity contribution in [2.45, 2.75) is 44.8 Å². The minimum absolute atomic E-state index is 0.0557. The Kier molecular flexibility index (Phi) is 7.72. The van der Waals surface area contributed by atoms with E-state index in [9.17, 15) is 14.8 Å². The van der Waals surface area contributed by atoms with Gasteiger partial charge in [-0.2, -0.15) is 0 Å². The highest BCUT2D eigenvalue weighted by molar-refractivity contribution is 5.97. The number of hydroxylamine groups is 2. The highest BCUT2D eigenvalue weighted by atomic mass is 16.6. The van der Waals surface area contributed by atoms with Crippen LogP contribution in [0.25, 0.3) is 0 Å². The molecule has 1 N–H and O–H groups in total. The summed E-state index contributed by atoms with van der Waals surface area (Å²) in [5.41, 5.74) is 4.97. The van der Waals surface area contributed by atoms with Gasteiger partial charge in [-0.3, -0.25) is 10.1 Å². The van der Waals surface area contributed by atoms with E-state index in [1.54, 1.807) is 9.80 Å². The Bertz CT molecular complexity index is 1530. The fourth-order valence-corrected chi connectivity index (χ4v) is 9.18. The summed E-state index contributed by atoms with van der Waals surface area (Å²) < 4.78 is 5.53. The van der Waals surface area contributed by atoms with Crippen molar-refractivity contribution in [1.82, 2.24) is 9.96 Å². The number of anilines is 4. The number of hydrogen-bond donors (Lipinski definition) is 1. The SMILES string of the molecule is O=C(OCc1ccccc1)N1CCN(c2ccc(N3CCN(C(=O)N(O)C4C5CC6CC(C5)CC4C6)c4ccccc43)cc2)CC1. The molecule has 9 heteroatoms. The smallest absolute Gasteiger partial charge is 0.410 e. The molecule has 0 atom stereocenters. The van der Waals surface area contributed by atoms with Gasteiger partial charge >= 0.3 is 12.1 Å². The van der Waals surface area contributed by atoms with Crippen LogP contribution in [0.3, 0.4) is 0 Å². The summed E-state index contributed by atoms with van der Waals surface area (Å²) in [7, 11) is 0. The first kappa shape index (κ1) is 29.2. The van der Waals surface area contributed by atoms with Gasteiger partial charge in [0, 0.05) is 50.6 Å². The summed E-state index contributed by atoms with van der Waals surface area (Å²) in [6, 6.07) is 26.0. The van der Waals surface area contributed by atoms with Crippen molar-refractivity contribution < 1.29 is 19.5 Å². The monoisotopic (exact) mass is 621 g/mol.